The Labute approximate surface area is 170 Å². The lowest BCUT2D eigenvalue weighted by atomic mass is 10.1. The first kappa shape index (κ1) is 20.4. The third kappa shape index (κ3) is 4.08. The van der Waals surface area contributed by atoms with E-state index < -0.39 is 0 Å². The fraction of sp³-hybridized carbons (Fsp3) is 0.318. The van der Waals surface area contributed by atoms with Crippen molar-refractivity contribution in [1.82, 2.24) is 0 Å². The molecular weight excluding hydrogens is 370 g/mol. The summed E-state index contributed by atoms with van der Waals surface area (Å²) >= 11 is 0. The van der Waals surface area contributed by atoms with Crippen LogP contribution < -0.4 is 19.4 Å². The molecule has 0 saturated heterocycles. The molecule has 0 bridgehead atoms. The van der Waals surface area contributed by atoms with Crippen LogP contribution in [0, 0.1) is 13.8 Å². The zero-order valence-electron chi connectivity index (χ0n) is 17.4. The van der Waals surface area contributed by atoms with Crippen molar-refractivity contribution < 1.29 is 19.1 Å². The Morgan fingerprint density at radius 2 is 1.76 bits per heavy atom. The zero-order valence-corrected chi connectivity index (χ0v) is 17.4. The fourth-order valence-corrected chi connectivity index (χ4v) is 3.19. The molecule has 29 heavy (non-hydrogen) atoms. The summed E-state index contributed by atoms with van der Waals surface area (Å²) in [6, 6.07) is 11.1. The van der Waals surface area contributed by atoms with E-state index in [1.165, 1.54) is 9.91 Å². The van der Waals surface area contributed by atoms with E-state index in [1.807, 2.05) is 32.0 Å². The summed E-state index contributed by atoms with van der Waals surface area (Å²) in [6.07, 6.45) is 0.536. The van der Waals surface area contributed by atoms with Crippen LogP contribution in [0.25, 0.3) is 0 Å². The molecule has 1 aliphatic heterocycles. The van der Waals surface area contributed by atoms with E-state index >= 15 is 0 Å². The number of methoxy groups -OCH3 is 2. The molecule has 0 fully saturated rings. The SMILES string of the molecule is COc1ccc(N(C)C(=O)C2=NN(c3cc(C)ccc3C)C(=O)CC2)cc1OC. The Kier molecular flexibility index (Phi) is 5.87. The average molecular weight is 395 g/mol. The lowest BCUT2D eigenvalue weighted by molar-refractivity contribution is -0.118. The van der Waals surface area contributed by atoms with Gasteiger partial charge in [0.15, 0.2) is 11.5 Å². The maximum Gasteiger partial charge on any atom is 0.274 e. The van der Waals surface area contributed by atoms with Crippen molar-refractivity contribution in [3.05, 3.63) is 47.5 Å². The van der Waals surface area contributed by atoms with Gasteiger partial charge in [-0.15, -0.1) is 0 Å². The highest BCUT2D eigenvalue weighted by Crippen LogP contribution is 2.32. The number of anilines is 2. The van der Waals surface area contributed by atoms with Crippen LogP contribution in [0.1, 0.15) is 24.0 Å². The molecule has 1 heterocycles. The van der Waals surface area contributed by atoms with E-state index in [-0.39, 0.29) is 18.2 Å². The summed E-state index contributed by atoms with van der Waals surface area (Å²) in [4.78, 5) is 27.1. The molecule has 0 atom stereocenters. The number of hydrogen-bond donors (Lipinski definition) is 0. The van der Waals surface area contributed by atoms with Crippen LogP contribution in [-0.4, -0.2) is 38.8 Å². The number of ether oxygens (including phenoxy) is 2. The van der Waals surface area contributed by atoms with Crippen LogP contribution in [0.5, 0.6) is 11.5 Å². The highest BCUT2D eigenvalue weighted by molar-refractivity contribution is 6.44. The van der Waals surface area contributed by atoms with Crippen molar-refractivity contribution in [2.75, 3.05) is 31.2 Å². The molecule has 0 saturated carbocycles. The minimum atomic E-state index is -0.264. The van der Waals surface area contributed by atoms with Gasteiger partial charge < -0.3 is 14.4 Å². The van der Waals surface area contributed by atoms with Crippen molar-refractivity contribution >= 4 is 28.9 Å². The summed E-state index contributed by atoms with van der Waals surface area (Å²) in [5.41, 5.74) is 3.63. The summed E-state index contributed by atoms with van der Waals surface area (Å²) in [7, 11) is 4.77. The maximum atomic E-state index is 13.1. The van der Waals surface area contributed by atoms with Gasteiger partial charge in [0.25, 0.3) is 5.91 Å². The number of hydrogen-bond acceptors (Lipinski definition) is 5. The van der Waals surface area contributed by atoms with Crippen LogP contribution in [0.2, 0.25) is 0 Å². The highest BCUT2D eigenvalue weighted by Gasteiger charge is 2.28. The minimum Gasteiger partial charge on any atom is -0.493 e. The Balaban J connectivity index is 1.92. The predicted octanol–water partition coefficient (Wildman–Crippen LogP) is 3.47. The zero-order chi connectivity index (χ0) is 21.1. The first-order valence-corrected chi connectivity index (χ1v) is 9.33. The number of hydrazone groups is 1. The standard InChI is InChI=1S/C22H25N3O4/c1-14-6-7-15(2)18(12-14)25-21(26)11-9-17(23-25)22(27)24(3)16-8-10-19(28-4)20(13-16)29-5/h6-8,10,12-13H,9,11H2,1-5H3. The number of amides is 2. The van der Waals surface area contributed by atoms with E-state index in [2.05, 4.69) is 5.10 Å². The molecule has 2 amide bonds. The van der Waals surface area contributed by atoms with E-state index in [1.54, 1.807) is 39.5 Å². The molecular formula is C22H25N3O4. The van der Waals surface area contributed by atoms with Gasteiger partial charge in [0.05, 0.1) is 19.9 Å². The average Bonchev–Trinajstić information content (AvgIpc) is 2.74. The lowest BCUT2D eigenvalue weighted by Gasteiger charge is -2.27. The third-order valence-corrected chi connectivity index (χ3v) is 4.93. The molecule has 0 aromatic heterocycles. The monoisotopic (exact) mass is 395 g/mol. The minimum absolute atomic E-state index is 0.121. The first-order chi connectivity index (χ1) is 13.8. The van der Waals surface area contributed by atoms with Gasteiger partial charge in [-0.05, 0) is 43.2 Å². The van der Waals surface area contributed by atoms with E-state index in [4.69, 9.17) is 9.47 Å². The molecule has 2 aromatic rings. The van der Waals surface area contributed by atoms with Crippen LogP contribution in [-0.2, 0) is 9.59 Å². The predicted molar refractivity (Wildman–Crippen MR) is 113 cm³/mol. The quantitative estimate of drug-likeness (QED) is 0.777. The molecule has 0 unspecified atom stereocenters. The fourth-order valence-electron chi connectivity index (χ4n) is 3.19. The lowest BCUT2D eigenvalue weighted by Crippen LogP contribution is -2.40. The van der Waals surface area contributed by atoms with Crippen LogP contribution in [0.4, 0.5) is 11.4 Å². The molecule has 3 rings (SSSR count). The van der Waals surface area contributed by atoms with Gasteiger partial charge in [0.2, 0.25) is 5.91 Å². The van der Waals surface area contributed by atoms with Gasteiger partial charge in [0.1, 0.15) is 5.71 Å². The van der Waals surface area contributed by atoms with Gasteiger partial charge >= 0.3 is 0 Å². The van der Waals surface area contributed by atoms with E-state index in [0.717, 1.165) is 11.1 Å². The Morgan fingerprint density at radius 1 is 1.03 bits per heavy atom. The molecule has 152 valence electrons. The van der Waals surface area contributed by atoms with Gasteiger partial charge in [-0.1, -0.05) is 12.1 Å². The van der Waals surface area contributed by atoms with Crippen molar-refractivity contribution in [3.63, 3.8) is 0 Å². The second kappa shape index (κ2) is 8.34. The summed E-state index contributed by atoms with van der Waals surface area (Å²) < 4.78 is 10.6. The second-order valence-corrected chi connectivity index (χ2v) is 6.95. The number of carbonyl (C=O) groups is 2. The van der Waals surface area contributed by atoms with Crippen molar-refractivity contribution in [2.24, 2.45) is 5.10 Å². The number of rotatable bonds is 5. The maximum absolute atomic E-state index is 13.1. The number of benzene rings is 2. The molecule has 0 radical (unpaired) electrons. The molecule has 0 spiro atoms. The molecule has 0 aliphatic carbocycles. The van der Waals surface area contributed by atoms with Gasteiger partial charge in [-0.3, -0.25) is 9.59 Å². The number of nitrogens with zero attached hydrogens (tertiary/aromatic N) is 3. The molecule has 1 aliphatic rings. The second-order valence-electron chi connectivity index (χ2n) is 6.95. The summed E-state index contributed by atoms with van der Waals surface area (Å²) in [5.74, 6) is 0.727. The summed E-state index contributed by atoms with van der Waals surface area (Å²) in [5, 5.41) is 5.76. The Hall–Kier alpha value is -3.35. The Morgan fingerprint density at radius 3 is 2.45 bits per heavy atom. The summed E-state index contributed by atoms with van der Waals surface area (Å²) in [6.45, 7) is 3.88. The molecule has 0 N–H and O–H groups in total. The van der Waals surface area contributed by atoms with Crippen LogP contribution in [0.15, 0.2) is 41.5 Å². The van der Waals surface area contributed by atoms with Crippen molar-refractivity contribution in [2.45, 2.75) is 26.7 Å². The Bertz CT molecular complexity index is 984. The van der Waals surface area contributed by atoms with Gasteiger partial charge in [0, 0.05) is 31.6 Å². The largest absolute Gasteiger partial charge is 0.493 e. The third-order valence-electron chi connectivity index (χ3n) is 4.93. The molecule has 7 nitrogen and oxygen atoms in total. The van der Waals surface area contributed by atoms with Crippen LogP contribution >= 0.6 is 0 Å². The van der Waals surface area contributed by atoms with E-state index in [0.29, 0.717) is 35.0 Å². The van der Waals surface area contributed by atoms with Crippen LogP contribution in [0.3, 0.4) is 0 Å². The number of aryl methyl sites for hydroxylation is 2. The highest BCUT2D eigenvalue weighted by atomic mass is 16.5. The van der Waals surface area contributed by atoms with Gasteiger partial charge in [-0.2, -0.15) is 5.10 Å². The van der Waals surface area contributed by atoms with Crippen molar-refractivity contribution in [1.29, 1.82) is 0 Å². The normalized spacial score (nSPS) is 13.8. The topological polar surface area (TPSA) is 71.4 Å². The first-order valence-electron chi connectivity index (χ1n) is 9.33. The number of carbonyl (C=O) groups excluding carboxylic acids is 2. The van der Waals surface area contributed by atoms with Crippen molar-refractivity contribution in [3.8, 4) is 11.5 Å². The van der Waals surface area contributed by atoms with E-state index in [9.17, 15) is 9.59 Å². The smallest absolute Gasteiger partial charge is 0.274 e. The van der Waals surface area contributed by atoms with Gasteiger partial charge in [-0.25, -0.2) is 5.01 Å². The molecule has 7 heteroatoms. The molecule has 2 aromatic carbocycles.